The second-order valence-electron chi connectivity index (χ2n) is 5.96. The fourth-order valence-electron chi connectivity index (χ4n) is 3.26. The van der Waals surface area contributed by atoms with Gasteiger partial charge in [0.2, 0.25) is 0 Å². The molecule has 2 atom stereocenters. The normalized spacial score (nSPS) is 19.8. The van der Waals surface area contributed by atoms with Crippen LogP contribution in [0.15, 0.2) is 30.5 Å². The van der Waals surface area contributed by atoms with Crippen molar-refractivity contribution in [2.75, 3.05) is 6.54 Å². The van der Waals surface area contributed by atoms with Gasteiger partial charge < -0.3 is 10.4 Å². The molecule has 1 amide bonds. The highest BCUT2D eigenvalue weighted by molar-refractivity contribution is 6.09. The van der Waals surface area contributed by atoms with Crippen molar-refractivity contribution in [3.05, 3.63) is 36.0 Å². The summed E-state index contributed by atoms with van der Waals surface area (Å²) in [6.45, 7) is -0.141. The number of rotatable bonds is 4. The Balaban J connectivity index is 1.75. The van der Waals surface area contributed by atoms with Crippen LogP contribution in [-0.4, -0.2) is 28.3 Å². The molecule has 1 fully saturated rings. The van der Waals surface area contributed by atoms with Gasteiger partial charge in [-0.1, -0.05) is 24.6 Å². The summed E-state index contributed by atoms with van der Waals surface area (Å²) in [5.74, 6) is -1.45. The summed E-state index contributed by atoms with van der Waals surface area (Å²) in [7, 11) is 0. The number of para-hydroxylation sites is 1. The molecule has 0 bridgehead atoms. The molecule has 0 saturated heterocycles. The maximum atomic E-state index is 12.4. The third-order valence-corrected chi connectivity index (χ3v) is 4.50. The van der Waals surface area contributed by atoms with Crippen LogP contribution in [0.25, 0.3) is 10.9 Å². The second-order valence-corrected chi connectivity index (χ2v) is 5.96. The summed E-state index contributed by atoms with van der Waals surface area (Å²) in [5.41, 5.74) is 0.698. The quantitative estimate of drug-likeness (QED) is 0.897. The lowest BCUT2D eigenvalue weighted by Crippen LogP contribution is -2.34. The number of carbonyl (C=O) groups excluding carboxylic acids is 2. The van der Waals surface area contributed by atoms with Crippen LogP contribution in [0.4, 0.5) is 0 Å². The van der Waals surface area contributed by atoms with Gasteiger partial charge >= 0.3 is 0 Å². The summed E-state index contributed by atoms with van der Waals surface area (Å²) in [4.78, 5) is 28.8. The Morgan fingerprint density at radius 1 is 1.33 bits per heavy atom. The van der Waals surface area contributed by atoms with Crippen molar-refractivity contribution in [1.82, 2.24) is 10.3 Å². The average molecular weight is 323 g/mol. The average Bonchev–Trinajstić information content (AvgIpc) is 3.08. The van der Waals surface area contributed by atoms with Gasteiger partial charge in [-0.2, -0.15) is 5.26 Å². The fraction of sp³-hybridized carbons (Fsp3) is 0.333. The van der Waals surface area contributed by atoms with E-state index in [1.807, 2.05) is 0 Å². The predicted octanol–water partition coefficient (Wildman–Crippen LogP) is 2.18. The molecule has 1 unspecified atom stereocenters. The third kappa shape index (κ3) is 2.93. The van der Waals surface area contributed by atoms with E-state index in [1.54, 1.807) is 24.3 Å². The third-order valence-electron chi connectivity index (χ3n) is 4.50. The molecule has 6 heteroatoms. The summed E-state index contributed by atoms with van der Waals surface area (Å²) in [6, 6.07) is 9.15. The molecule has 0 aliphatic heterocycles. The van der Waals surface area contributed by atoms with Gasteiger partial charge in [0.15, 0.2) is 5.78 Å². The Bertz CT molecular complexity index is 841. The van der Waals surface area contributed by atoms with E-state index < -0.39 is 5.91 Å². The predicted molar refractivity (Wildman–Crippen MR) is 87.2 cm³/mol. The van der Waals surface area contributed by atoms with E-state index in [9.17, 15) is 14.7 Å². The first-order chi connectivity index (χ1) is 11.6. The minimum Gasteiger partial charge on any atom is -0.505 e. The van der Waals surface area contributed by atoms with E-state index in [1.165, 1.54) is 6.20 Å². The molecule has 1 aromatic heterocycles. The number of hydrogen-bond donors (Lipinski definition) is 2. The van der Waals surface area contributed by atoms with Crippen LogP contribution in [0.2, 0.25) is 0 Å². The number of Topliss-reactive ketones (excluding diaryl/α,β-unsaturated/α-hetero) is 1. The van der Waals surface area contributed by atoms with Crippen molar-refractivity contribution in [2.24, 2.45) is 11.8 Å². The van der Waals surface area contributed by atoms with Crippen molar-refractivity contribution < 1.29 is 14.7 Å². The van der Waals surface area contributed by atoms with Gasteiger partial charge in [0.25, 0.3) is 5.91 Å². The molecule has 122 valence electrons. The Hall–Kier alpha value is -2.94. The standard InChI is InChI=1S/C18H17N3O3/c19-8-11-4-3-6-12(11)15(22)9-21-18(24)17-13-5-1-2-7-14(13)20-10-16(17)23/h1-2,5,7,10-12,23H,3-4,6,9H2,(H,21,24)/t11-,12?/m0/s1. The van der Waals surface area contributed by atoms with Crippen molar-refractivity contribution in [2.45, 2.75) is 19.3 Å². The number of hydrogen-bond acceptors (Lipinski definition) is 5. The molecule has 2 N–H and O–H groups in total. The van der Waals surface area contributed by atoms with E-state index in [4.69, 9.17) is 5.26 Å². The molecule has 3 rings (SSSR count). The summed E-state index contributed by atoms with van der Waals surface area (Å²) in [6.07, 6.45) is 3.51. The van der Waals surface area contributed by atoms with Crippen LogP contribution in [-0.2, 0) is 4.79 Å². The first-order valence-electron chi connectivity index (χ1n) is 7.89. The number of carbonyl (C=O) groups is 2. The number of nitrogens with one attached hydrogen (secondary N) is 1. The first-order valence-corrected chi connectivity index (χ1v) is 7.89. The minimum atomic E-state index is -0.522. The topological polar surface area (TPSA) is 103 Å². The number of pyridine rings is 1. The number of nitrogens with zero attached hydrogens (tertiary/aromatic N) is 2. The van der Waals surface area contributed by atoms with Crippen LogP contribution in [0, 0.1) is 23.2 Å². The highest BCUT2D eigenvalue weighted by atomic mass is 16.3. The van der Waals surface area contributed by atoms with Crippen molar-refractivity contribution in [3.8, 4) is 11.8 Å². The molecule has 6 nitrogen and oxygen atoms in total. The molecule has 24 heavy (non-hydrogen) atoms. The number of amides is 1. The van der Waals surface area contributed by atoms with Crippen LogP contribution in [0.3, 0.4) is 0 Å². The molecule has 1 saturated carbocycles. The maximum absolute atomic E-state index is 12.4. The van der Waals surface area contributed by atoms with Gasteiger partial charge in [-0.05, 0) is 18.9 Å². The molecule has 1 aliphatic rings. The SMILES string of the molecule is N#C[C@@H]1CCCC1C(=O)CNC(=O)c1c(O)cnc2ccccc12. The van der Waals surface area contributed by atoms with Crippen LogP contribution in [0.5, 0.6) is 5.75 Å². The number of aromatic hydroxyl groups is 1. The largest absolute Gasteiger partial charge is 0.505 e. The Kier molecular flexibility index (Phi) is 4.43. The minimum absolute atomic E-state index is 0.108. The van der Waals surface area contributed by atoms with E-state index >= 15 is 0 Å². The fourth-order valence-corrected chi connectivity index (χ4v) is 3.26. The Morgan fingerprint density at radius 2 is 2.12 bits per heavy atom. The molecule has 1 aromatic carbocycles. The monoisotopic (exact) mass is 323 g/mol. The smallest absolute Gasteiger partial charge is 0.256 e. The highest BCUT2D eigenvalue weighted by Gasteiger charge is 2.32. The molecule has 0 radical (unpaired) electrons. The van der Waals surface area contributed by atoms with Gasteiger partial charge in [0.1, 0.15) is 5.75 Å². The van der Waals surface area contributed by atoms with Crippen molar-refractivity contribution >= 4 is 22.6 Å². The molecule has 1 aliphatic carbocycles. The van der Waals surface area contributed by atoms with E-state index in [0.717, 1.165) is 12.8 Å². The lowest BCUT2D eigenvalue weighted by atomic mass is 9.93. The van der Waals surface area contributed by atoms with Gasteiger partial charge in [-0.15, -0.1) is 0 Å². The molecule has 0 spiro atoms. The molecule has 1 heterocycles. The second kappa shape index (κ2) is 6.67. The van der Waals surface area contributed by atoms with Crippen molar-refractivity contribution in [1.29, 1.82) is 5.26 Å². The zero-order chi connectivity index (χ0) is 17.1. The first kappa shape index (κ1) is 15.9. The zero-order valence-corrected chi connectivity index (χ0v) is 13.0. The Labute approximate surface area is 139 Å². The number of aromatic nitrogens is 1. The van der Waals surface area contributed by atoms with Gasteiger partial charge in [0.05, 0.1) is 35.8 Å². The van der Waals surface area contributed by atoms with Gasteiger partial charge in [0, 0.05) is 11.3 Å². The van der Waals surface area contributed by atoms with Crippen LogP contribution in [0.1, 0.15) is 29.6 Å². The van der Waals surface area contributed by atoms with Gasteiger partial charge in [-0.25, -0.2) is 0 Å². The number of nitriles is 1. The van der Waals surface area contributed by atoms with Crippen LogP contribution >= 0.6 is 0 Å². The number of ketones is 1. The zero-order valence-electron chi connectivity index (χ0n) is 13.0. The number of fused-ring (bicyclic) bond motifs is 1. The molecular formula is C18H17N3O3. The van der Waals surface area contributed by atoms with E-state index in [2.05, 4.69) is 16.4 Å². The molecular weight excluding hydrogens is 306 g/mol. The van der Waals surface area contributed by atoms with E-state index in [0.29, 0.717) is 17.3 Å². The summed E-state index contributed by atoms with van der Waals surface area (Å²) >= 11 is 0. The molecule has 2 aromatic rings. The van der Waals surface area contributed by atoms with Crippen LogP contribution < -0.4 is 5.32 Å². The lowest BCUT2D eigenvalue weighted by molar-refractivity contribution is -0.122. The highest BCUT2D eigenvalue weighted by Crippen LogP contribution is 2.31. The van der Waals surface area contributed by atoms with Crippen molar-refractivity contribution in [3.63, 3.8) is 0 Å². The number of benzene rings is 1. The lowest BCUT2D eigenvalue weighted by Gasteiger charge is -2.13. The van der Waals surface area contributed by atoms with Gasteiger partial charge in [-0.3, -0.25) is 14.6 Å². The summed E-state index contributed by atoms with van der Waals surface area (Å²) < 4.78 is 0. The Morgan fingerprint density at radius 3 is 2.92 bits per heavy atom. The summed E-state index contributed by atoms with van der Waals surface area (Å²) in [5, 5.41) is 22.1. The van der Waals surface area contributed by atoms with E-state index in [-0.39, 0.29) is 35.5 Å². The maximum Gasteiger partial charge on any atom is 0.256 e.